The predicted octanol–water partition coefficient (Wildman–Crippen LogP) is 1.97. The number of nitrogens with one attached hydrogen (secondary N) is 1. The monoisotopic (exact) mass is 287 g/mol. The highest BCUT2D eigenvalue weighted by Gasteiger charge is 2.26. The van der Waals surface area contributed by atoms with Gasteiger partial charge < -0.3 is 14.7 Å². The Morgan fingerprint density at radius 1 is 1.48 bits per heavy atom. The molecule has 1 aromatic heterocycles. The Labute approximate surface area is 124 Å². The van der Waals surface area contributed by atoms with Crippen molar-refractivity contribution in [2.75, 3.05) is 19.6 Å². The highest BCUT2D eigenvalue weighted by Crippen LogP contribution is 2.19. The predicted molar refractivity (Wildman–Crippen MR) is 81.0 cm³/mol. The molecule has 3 rings (SSSR count). The minimum absolute atomic E-state index is 0.143. The van der Waals surface area contributed by atoms with Crippen molar-refractivity contribution < 1.29 is 9.32 Å². The Morgan fingerprint density at radius 2 is 2.33 bits per heavy atom. The Morgan fingerprint density at radius 3 is 3.10 bits per heavy atom. The molecule has 2 aromatic rings. The zero-order chi connectivity index (χ0) is 14.7. The SMILES string of the molecule is CCCN(C(=O)Cc1noc2ccccc12)C1CCNC1. The van der Waals surface area contributed by atoms with Crippen molar-refractivity contribution in [3.8, 4) is 0 Å². The average Bonchev–Trinajstić information content (AvgIpc) is 3.15. The maximum atomic E-state index is 12.6. The van der Waals surface area contributed by atoms with Gasteiger partial charge in [0, 0.05) is 24.5 Å². The molecule has 2 heterocycles. The first-order chi connectivity index (χ1) is 10.3. The van der Waals surface area contributed by atoms with Crippen molar-refractivity contribution in [2.45, 2.75) is 32.2 Å². The second-order valence-electron chi connectivity index (χ2n) is 5.54. The van der Waals surface area contributed by atoms with Gasteiger partial charge in [0.15, 0.2) is 5.58 Å². The average molecular weight is 287 g/mol. The van der Waals surface area contributed by atoms with Crippen molar-refractivity contribution in [3.63, 3.8) is 0 Å². The van der Waals surface area contributed by atoms with E-state index in [0.717, 1.165) is 49.1 Å². The van der Waals surface area contributed by atoms with E-state index in [1.807, 2.05) is 29.2 Å². The maximum absolute atomic E-state index is 12.6. The molecule has 5 heteroatoms. The van der Waals surface area contributed by atoms with E-state index < -0.39 is 0 Å². The van der Waals surface area contributed by atoms with E-state index in [1.165, 1.54) is 0 Å². The van der Waals surface area contributed by atoms with E-state index in [0.29, 0.717) is 12.5 Å². The van der Waals surface area contributed by atoms with E-state index >= 15 is 0 Å². The minimum Gasteiger partial charge on any atom is -0.356 e. The number of amides is 1. The molecule has 1 amide bonds. The Bertz CT molecular complexity index is 617. The number of hydrogen-bond donors (Lipinski definition) is 1. The second kappa shape index (κ2) is 6.26. The van der Waals surface area contributed by atoms with E-state index in [-0.39, 0.29) is 5.91 Å². The summed E-state index contributed by atoms with van der Waals surface area (Å²) in [4.78, 5) is 14.7. The largest absolute Gasteiger partial charge is 0.356 e. The first-order valence-electron chi connectivity index (χ1n) is 7.63. The Balaban J connectivity index is 1.77. The molecule has 1 aliphatic heterocycles. The molecule has 0 radical (unpaired) electrons. The van der Waals surface area contributed by atoms with Crippen LogP contribution in [0.3, 0.4) is 0 Å². The van der Waals surface area contributed by atoms with E-state index in [1.54, 1.807) is 0 Å². The molecule has 0 aliphatic carbocycles. The summed E-state index contributed by atoms with van der Waals surface area (Å²) in [5.41, 5.74) is 1.48. The molecule has 1 aromatic carbocycles. The van der Waals surface area contributed by atoms with Crippen molar-refractivity contribution in [2.24, 2.45) is 0 Å². The van der Waals surface area contributed by atoms with Crippen LogP contribution in [-0.2, 0) is 11.2 Å². The summed E-state index contributed by atoms with van der Waals surface area (Å²) in [7, 11) is 0. The molecule has 1 unspecified atom stereocenters. The van der Waals surface area contributed by atoms with Crippen LogP contribution in [0, 0.1) is 0 Å². The first-order valence-corrected chi connectivity index (χ1v) is 7.63. The fraction of sp³-hybridized carbons (Fsp3) is 0.500. The molecule has 1 saturated heterocycles. The zero-order valence-corrected chi connectivity index (χ0v) is 12.3. The summed E-state index contributed by atoms with van der Waals surface area (Å²) in [6.45, 7) is 4.80. The molecular weight excluding hydrogens is 266 g/mol. The molecule has 0 saturated carbocycles. The maximum Gasteiger partial charge on any atom is 0.229 e. The number of carbonyl (C=O) groups excluding carboxylic acids is 1. The molecule has 21 heavy (non-hydrogen) atoms. The lowest BCUT2D eigenvalue weighted by Crippen LogP contribution is -2.42. The zero-order valence-electron chi connectivity index (χ0n) is 12.3. The Kier molecular flexibility index (Phi) is 4.20. The molecule has 0 bridgehead atoms. The number of fused-ring (bicyclic) bond motifs is 1. The van der Waals surface area contributed by atoms with Crippen LogP contribution in [0.2, 0.25) is 0 Å². The van der Waals surface area contributed by atoms with Gasteiger partial charge in [-0.1, -0.05) is 24.2 Å². The minimum atomic E-state index is 0.143. The molecule has 1 N–H and O–H groups in total. The van der Waals surface area contributed by atoms with Gasteiger partial charge in [0.05, 0.1) is 6.42 Å². The fourth-order valence-corrected chi connectivity index (χ4v) is 2.97. The van der Waals surface area contributed by atoms with E-state index in [4.69, 9.17) is 4.52 Å². The van der Waals surface area contributed by atoms with Gasteiger partial charge in [-0.3, -0.25) is 4.79 Å². The molecule has 5 nitrogen and oxygen atoms in total. The van der Waals surface area contributed by atoms with Gasteiger partial charge in [-0.05, 0) is 31.5 Å². The smallest absolute Gasteiger partial charge is 0.229 e. The standard InChI is InChI=1S/C16H21N3O2/c1-2-9-19(12-7-8-17-11-12)16(20)10-14-13-5-3-4-6-15(13)21-18-14/h3-6,12,17H,2,7-11H2,1H3. The quantitative estimate of drug-likeness (QED) is 0.913. The molecule has 1 aliphatic rings. The van der Waals surface area contributed by atoms with Crippen molar-refractivity contribution in [1.29, 1.82) is 0 Å². The number of benzene rings is 1. The van der Waals surface area contributed by atoms with Crippen molar-refractivity contribution in [1.82, 2.24) is 15.4 Å². The Hall–Kier alpha value is -1.88. The van der Waals surface area contributed by atoms with Gasteiger partial charge in [-0.15, -0.1) is 0 Å². The highest BCUT2D eigenvalue weighted by atomic mass is 16.5. The van der Waals surface area contributed by atoms with Crippen LogP contribution in [-0.4, -0.2) is 41.6 Å². The lowest BCUT2D eigenvalue weighted by molar-refractivity contribution is -0.132. The van der Waals surface area contributed by atoms with Crippen LogP contribution in [0.4, 0.5) is 0 Å². The third-order valence-corrected chi connectivity index (χ3v) is 4.03. The number of rotatable bonds is 5. The summed E-state index contributed by atoms with van der Waals surface area (Å²) in [6.07, 6.45) is 2.32. The van der Waals surface area contributed by atoms with Crippen LogP contribution in [0.15, 0.2) is 28.8 Å². The summed E-state index contributed by atoms with van der Waals surface area (Å²) >= 11 is 0. The number of nitrogens with zero attached hydrogens (tertiary/aromatic N) is 2. The number of para-hydroxylation sites is 1. The number of hydrogen-bond acceptors (Lipinski definition) is 4. The lowest BCUT2D eigenvalue weighted by Gasteiger charge is -2.28. The van der Waals surface area contributed by atoms with E-state index in [2.05, 4.69) is 17.4 Å². The van der Waals surface area contributed by atoms with Crippen LogP contribution in [0.5, 0.6) is 0 Å². The van der Waals surface area contributed by atoms with Gasteiger partial charge in [0.1, 0.15) is 5.69 Å². The highest BCUT2D eigenvalue weighted by molar-refractivity contribution is 5.86. The third-order valence-electron chi connectivity index (χ3n) is 4.03. The van der Waals surface area contributed by atoms with Gasteiger partial charge >= 0.3 is 0 Å². The third kappa shape index (κ3) is 2.93. The molecule has 0 spiro atoms. The molecular formula is C16H21N3O2. The van der Waals surface area contributed by atoms with E-state index in [9.17, 15) is 4.79 Å². The molecule has 1 atom stereocenters. The van der Waals surface area contributed by atoms with Crippen LogP contribution in [0.1, 0.15) is 25.5 Å². The van der Waals surface area contributed by atoms with Gasteiger partial charge in [0.25, 0.3) is 0 Å². The van der Waals surface area contributed by atoms with Crippen LogP contribution in [0.25, 0.3) is 11.0 Å². The van der Waals surface area contributed by atoms with Crippen LogP contribution >= 0.6 is 0 Å². The molecule has 112 valence electrons. The second-order valence-corrected chi connectivity index (χ2v) is 5.54. The summed E-state index contributed by atoms with van der Waals surface area (Å²) < 4.78 is 5.28. The summed E-state index contributed by atoms with van der Waals surface area (Å²) in [6, 6.07) is 8.00. The lowest BCUT2D eigenvalue weighted by atomic mass is 10.1. The topological polar surface area (TPSA) is 58.4 Å². The van der Waals surface area contributed by atoms with Gasteiger partial charge in [0.2, 0.25) is 5.91 Å². The van der Waals surface area contributed by atoms with Gasteiger partial charge in [-0.25, -0.2) is 0 Å². The van der Waals surface area contributed by atoms with Crippen molar-refractivity contribution in [3.05, 3.63) is 30.0 Å². The summed E-state index contributed by atoms with van der Waals surface area (Å²) in [5.74, 6) is 0.143. The van der Waals surface area contributed by atoms with Crippen LogP contribution < -0.4 is 5.32 Å². The number of carbonyl (C=O) groups is 1. The molecule has 1 fully saturated rings. The normalized spacial score (nSPS) is 18.2. The summed E-state index contributed by atoms with van der Waals surface area (Å²) in [5, 5.41) is 8.33. The first kappa shape index (κ1) is 14.1. The number of aromatic nitrogens is 1. The van der Waals surface area contributed by atoms with Gasteiger partial charge in [-0.2, -0.15) is 0 Å². The fourth-order valence-electron chi connectivity index (χ4n) is 2.97. The van der Waals surface area contributed by atoms with Crippen molar-refractivity contribution >= 4 is 16.9 Å².